The lowest BCUT2D eigenvalue weighted by Crippen LogP contribution is -2.14. The predicted octanol–water partition coefficient (Wildman–Crippen LogP) is 4.66. The number of hydrogen-bond acceptors (Lipinski definition) is 4. The van der Waals surface area contributed by atoms with E-state index in [-0.39, 0.29) is 16.6 Å². The quantitative estimate of drug-likeness (QED) is 0.543. The molecule has 0 spiro atoms. The number of nitrogens with zero attached hydrogens (tertiary/aromatic N) is 1. The van der Waals surface area contributed by atoms with Gasteiger partial charge >= 0.3 is 0 Å². The lowest BCUT2D eigenvalue weighted by atomic mass is 10.0. The normalized spacial score (nSPS) is 11.6. The molecule has 0 atom stereocenters. The van der Waals surface area contributed by atoms with Gasteiger partial charge in [-0.3, -0.25) is 9.52 Å². The molecule has 1 heterocycles. The van der Waals surface area contributed by atoms with Crippen LogP contribution >= 0.6 is 0 Å². The predicted molar refractivity (Wildman–Crippen MR) is 120 cm³/mol. The van der Waals surface area contributed by atoms with Gasteiger partial charge in [0.1, 0.15) is 5.82 Å². The van der Waals surface area contributed by atoms with Gasteiger partial charge in [-0.05, 0) is 59.5 Å². The van der Waals surface area contributed by atoms with E-state index >= 15 is 0 Å². The van der Waals surface area contributed by atoms with Crippen molar-refractivity contribution in [2.45, 2.75) is 24.7 Å². The third-order valence-electron chi connectivity index (χ3n) is 4.37. The fourth-order valence-electron chi connectivity index (χ4n) is 2.69. The summed E-state index contributed by atoms with van der Waals surface area (Å²) in [6.45, 7) is 4.26. The van der Waals surface area contributed by atoms with Crippen molar-refractivity contribution < 1.29 is 13.2 Å². The van der Waals surface area contributed by atoms with E-state index in [1.54, 1.807) is 24.3 Å². The molecule has 0 aliphatic heterocycles. The van der Waals surface area contributed by atoms with Crippen LogP contribution in [0.4, 0.5) is 11.5 Å². The summed E-state index contributed by atoms with van der Waals surface area (Å²) >= 11 is 0. The summed E-state index contributed by atoms with van der Waals surface area (Å²) in [5.74, 6) is 0.392. The van der Waals surface area contributed by atoms with Crippen LogP contribution in [0.15, 0.2) is 83.9 Å². The highest BCUT2D eigenvalue weighted by Gasteiger charge is 2.14. The van der Waals surface area contributed by atoms with E-state index in [9.17, 15) is 13.2 Å². The van der Waals surface area contributed by atoms with Crippen LogP contribution < -0.4 is 10.0 Å². The zero-order valence-electron chi connectivity index (χ0n) is 16.7. The molecule has 6 nitrogen and oxygen atoms in total. The highest BCUT2D eigenvalue weighted by molar-refractivity contribution is 7.92. The van der Waals surface area contributed by atoms with Crippen LogP contribution in [0.25, 0.3) is 6.08 Å². The van der Waals surface area contributed by atoms with Gasteiger partial charge in [-0.2, -0.15) is 0 Å². The Balaban J connectivity index is 1.61. The van der Waals surface area contributed by atoms with Crippen molar-refractivity contribution in [2.24, 2.45) is 0 Å². The first-order chi connectivity index (χ1) is 14.3. The molecule has 154 valence electrons. The van der Waals surface area contributed by atoms with Gasteiger partial charge in [0.15, 0.2) is 0 Å². The van der Waals surface area contributed by atoms with Crippen molar-refractivity contribution in [3.8, 4) is 0 Å². The number of hydrogen-bond donors (Lipinski definition) is 2. The molecule has 0 unspecified atom stereocenters. The molecule has 0 aliphatic rings. The number of sulfonamides is 1. The molecule has 0 saturated heterocycles. The van der Waals surface area contributed by atoms with Gasteiger partial charge in [0.05, 0.1) is 4.90 Å². The standard InChI is InChI=1S/C23H23N3O3S/c1-17(2)19-9-6-18(7-10-19)8-15-23(27)25-20-11-13-21(14-12-20)30(28,29)26-22-5-3-4-16-24-22/h3-17H,1-2H3,(H,24,26)(H,25,27)/b15-8+. The van der Waals surface area contributed by atoms with Crippen molar-refractivity contribution in [1.82, 2.24) is 4.98 Å². The molecule has 30 heavy (non-hydrogen) atoms. The van der Waals surface area contributed by atoms with Crippen LogP contribution in [0.1, 0.15) is 30.9 Å². The minimum atomic E-state index is -3.75. The third-order valence-corrected chi connectivity index (χ3v) is 5.74. The zero-order valence-corrected chi connectivity index (χ0v) is 17.6. The van der Waals surface area contributed by atoms with Crippen molar-refractivity contribution in [2.75, 3.05) is 10.0 Å². The number of amides is 1. The summed E-state index contributed by atoms with van der Waals surface area (Å²) in [4.78, 5) is 16.2. The molecule has 3 rings (SSSR count). The molecule has 0 aliphatic carbocycles. The average Bonchev–Trinajstić information content (AvgIpc) is 2.73. The molecule has 2 N–H and O–H groups in total. The van der Waals surface area contributed by atoms with Crippen LogP contribution in [-0.4, -0.2) is 19.3 Å². The molecule has 3 aromatic rings. The maximum absolute atomic E-state index is 12.4. The van der Waals surface area contributed by atoms with Gasteiger partial charge in [0.2, 0.25) is 5.91 Å². The number of carbonyl (C=O) groups is 1. The van der Waals surface area contributed by atoms with E-state index in [0.29, 0.717) is 11.6 Å². The van der Waals surface area contributed by atoms with Crippen LogP contribution in [0.5, 0.6) is 0 Å². The van der Waals surface area contributed by atoms with Crippen molar-refractivity contribution in [3.05, 3.63) is 90.1 Å². The van der Waals surface area contributed by atoms with Crippen LogP contribution in [0.2, 0.25) is 0 Å². The highest BCUT2D eigenvalue weighted by Crippen LogP contribution is 2.18. The summed E-state index contributed by atoms with van der Waals surface area (Å²) < 4.78 is 27.2. The maximum Gasteiger partial charge on any atom is 0.263 e. The van der Waals surface area contributed by atoms with E-state index < -0.39 is 10.0 Å². The Morgan fingerprint density at radius 2 is 1.67 bits per heavy atom. The van der Waals surface area contributed by atoms with Gasteiger partial charge in [0.25, 0.3) is 10.0 Å². The maximum atomic E-state index is 12.4. The topological polar surface area (TPSA) is 88.2 Å². The van der Waals surface area contributed by atoms with Crippen LogP contribution in [-0.2, 0) is 14.8 Å². The van der Waals surface area contributed by atoms with E-state index in [1.807, 2.05) is 24.3 Å². The summed E-state index contributed by atoms with van der Waals surface area (Å²) in [5, 5.41) is 2.72. The van der Waals surface area contributed by atoms with E-state index in [0.717, 1.165) is 5.56 Å². The Bertz CT molecular complexity index is 1120. The smallest absolute Gasteiger partial charge is 0.263 e. The van der Waals surface area contributed by atoms with Gasteiger partial charge in [-0.25, -0.2) is 13.4 Å². The van der Waals surface area contributed by atoms with Gasteiger partial charge in [-0.1, -0.05) is 44.2 Å². The fourth-order valence-corrected chi connectivity index (χ4v) is 3.69. The van der Waals surface area contributed by atoms with Crippen LogP contribution in [0.3, 0.4) is 0 Å². The van der Waals surface area contributed by atoms with Crippen LogP contribution in [0, 0.1) is 0 Å². The minimum Gasteiger partial charge on any atom is -0.323 e. The Labute approximate surface area is 176 Å². The minimum absolute atomic E-state index is 0.0759. The molecule has 0 fully saturated rings. The second-order valence-corrected chi connectivity index (χ2v) is 8.67. The van der Waals surface area contributed by atoms with Gasteiger partial charge in [-0.15, -0.1) is 0 Å². The number of pyridine rings is 1. The third kappa shape index (κ3) is 5.78. The molecule has 2 aromatic carbocycles. The Morgan fingerprint density at radius 1 is 0.967 bits per heavy atom. The molecule has 0 saturated carbocycles. The number of rotatable bonds is 7. The number of carbonyl (C=O) groups excluding carboxylic acids is 1. The Hall–Kier alpha value is -3.45. The number of nitrogens with one attached hydrogen (secondary N) is 2. The molecule has 0 bridgehead atoms. The van der Waals surface area contributed by atoms with Crippen molar-refractivity contribution in [1.29, 1.82) is 0 Å². The summed E-state index contributed by atoms with van der Waals surface area (Å²) in [7, 11) is -3.75. The lowest BCUT2D eigenvalue weighted by Gasteiger charge is -2.08. The number of anilines is 2. The molecule has 7 heteroatoms. The first-order valence-electron chi connectivity index (χ1n) is 9.46. The molecule has 1 amide bonds. The van der Waals surface area contributed by atoms with E-state index in [4.69, 9.17) is 0 Å². The second-order valence-electron chi connectivity index (χ2n) is 6.99. The first kappa shape index (κ1) is 21.3. The Kier molecular flexibility index (Phi) is 6.64. The summed E-state index contributed by atoms with van der Waals surface area (Å²) in [5.41, 5.74) is 2.66. The summed E-state index contributed by atoms with van der Waals surface area (Å²) in [6.07, 6.45) is 4.68. The largest absolute Gasteiger partial charge is 0.323 e. The average molecular weight is 422 g/mol. The zero-order chi connectivity index (χ0) is 21.6. The van der Waals surface area contributed by atoms with Crippen molar-refractivity contribution in [3.63, 3.8) is 0 Å². The second kappa shape index (κ2) is 9.37. The molecule has 1 aromatic heterocycles. The van der Waals surface area contributed by atoms with E-state index in [1.165, 1.54) is 42.1 Å². The molecule has 0 radical (unpaired) electrons. The Morgan fingerprint density at radius 3 is 2.27 bits per heavy atom. The lowest BCUT2D eigenvalue weighted by molar-refractivity contribution is -0.111. The molecular weight excluding hydrogens is 398 g/mol. The van der Waals surface area contributed by atoms with Gasteiger partial charge in [0, 0.05) is 18.0 Å². The number of aromatic nitrogens is 1. The van der Waals surface area contributed by atoms with E-state index in [2.05, 4.69) is 28.9 Å². The summed E-state index contributed by atoms with van der Waals surface area (Å²) in [6, 6.07) is 18.9. The fraction of sp³-hybridized carbons (Fsp3) is 0.130. The van der Waals surface area contributed by atoms with Gasteiger partial charge < -0.3 is 5.32 Å². The monoisotopic (exact) mass is 421 g/mol. The van der Waals surface area contributed by atoms with Crippen molar-refractivity contribution >= 4 is 33.5 Å². The SMILES string of the molecule is CC(C)c1ccc(/C=C/C(=O)Nc2ccc(S(=O)(=O)Nc3ccccn3)cc2)cc1. The highest BCUT2D eigenvalue weighted by atomic mass is 32.2. The number of benzene rings is 2. The first-order valence-corrected chi connectivity index (χ1v) is 10.9. The molecular formula is C23H23N3O3S.